The molecule has 1 aromatic rings. The Morgan fingerprint density at radius 2 is 2.15 bits per heavy atom. The maximum absolute atomic E-state index is 4.07. The minimum atomic E-state index is 0.726. The number of aromatic amines is 1. The molecule has 4 nitrogen and oxygen atoms in total. The van der Waals surface area contributed by atoms with Gasteiger partial charge in [-0.2, -0.15) is 5.10 Å². The van der Waals surface area contributed by atoms with Crippen molar-refractivity contribution in [2.75, 3.05) is 26.2 Å². The number of nitrogens with one attached hydrogen (secondary N) is 2. The molecule has 0 saturated carbocycles. The van der Waals surface area contributed by atoms with E-state index in [0.29, 0.717) is 0 Å². The van der Waals surface area contributed by atoms with Crippen LogP contribution in [0.15, 0.2) is 6.20 Å². The van der Waals surface area contributed by atoms with Crippen molar-refractivity contribution in [3.63, 3.8) is 0 Å². The Bertz CT molecular complexity index is 378. The van der Waals surface area contributed by atoms with Crippen molar-refractivity contribution < 1.29 is 0 Å². The Kier molecular flexibility index (Phi) is 6.05. The van der Waals surface area contributed by atoms with E-state index in [4.69, 9.17) is 0 Å². The molecule has 0 unspecified atom stereocenters. The maximum atomic E-state index is 4.07. The summed E-state index contributed by atoms with van der Waals surface area (Å²) in [5.74, 6) is 0.790. The molecule has 2 heterocycles. The molecule has 0 amide bonds. The van der Waals surface area contributed by atoms with Crippen LogP contribution in [0.1, 0.15) is 44.4 Å². The van der Waals surface area contributed by atoms with Gasteiger partial charge < -0.3 is 10.2 Å². The molecule has 2 N–H and O–H groups in total. The molecular weight excluding hydrogens is 248 g/mol. The Labute approximate surface area is 123 Å². The molecule has 0 bridgehead atoms. The van der Waals surface area contributed by atoms with E-state index in [2.05, 4.69) is 41.2 Å². The third-order valence-corrected chi connectivity index (χ3v) is 4.20. The summed E-state index contributed by atoms with van der Waals surface area (Å²) in [6, 6.07) is 0.726. The predicted octanol–water partition coefficient (Wildman–Crippen LogP) is 2.36. The largest absolute Gasteiger partial charge is 0.314 e. The van der Waals surface area contributed by atoms with Crippen LogP contribution < -0.4 is 5.32 Å². The highest BCUT2D eigenvalue weighted by Crippen LogP contribution is 2.12. The third kappa shape index (κ3) is 4.91. The average Bonchev–Trinajstić information content (AvgIpc) is 2.82. The Balaban J connectivity index is 1.56. The Hall–Kier alpha value is -0.870. The number of H-pyrrole nitrogens is 1. The first kappa shape index (κ1) is 15.5. The molecule has 1 aliphatic rings. The van der Waals surface area contributed by atoms with E-state index in [-0.39, 0.29) is 0 Å². The summed E-state index contributed by atoms with van der Waals surface area (Å²) in [4.78, 5) is 2.61. The van der Waals surface area contributed by atoms with E-state index in [0.717, 1.165) is 24.9 Å². The molecule has 0 spiro atoms. The molecule has 2 rings (SSSR count). The van der Waals surface area contributed by atoms with Crippen LogP contribution in [0, 0.1) is 12.8 Å². The summed E-state index contributed by atoms with van der Waals surface area (Å²) in [5.41, 5.74) is 2.57. The fraction of sp³-hybridized carbons (Fsp3) is 0.812. The molecule has 0 atom stereocenters. The molecule has 4 heteroatoms. The van der Waals surface area contributed by atoms with Crippen LogP contribution in [-0.4, -0.2) is 47.3 Å². The summed E-state index contributed by atoms with van der Waals surface area (Å²) in [6.07, 6.45) is 6.89. The van der Waals surface area contributed by atoms with E-state index in [9.17, 15) is 0 Å². The lowest BCUT2D eigenvalue weighted by molar-refractivity contribution is 0.180. The van der Waals surface area contributed by atoms with Crippen molar-refractivity contribution in [3.8, 4) is 0 Å². The SMILES string of the molecule is Cc1[nH]ncc1CCCNC1CCN(CC(C)C)CC1. The number of rotatable bonds is 7. The second-order valence-electron chi connectivity index (χ2n) is 6.55. The molecular formula is C16H30N4. The maximum Gasteiger partial charge on any atom is 0.0522 e. The highest BCUT2D eigenvalue weighted by Gasteiger charge is 2.18. The summed E-state index contributed by atoms with van der Waals surface area (Å²) in [6.45, 7) is 11.6. The average molecular weight is 278 g/mol. The Morgan fingerprint density at radius 1 is 1.40 bits per heavy atom. The first-order chi connectivity index (χ1) is 9.65. The van der Waals surface area contributed by atoms with Crippen molar-refractivity contribution in [3.05, 3.63) is 17.5 Å². The predicted molar refractivity (Wildman–Crippen MR) is 83.9 cm³/mol. The smallest absolute Gasteiger partial charge is 0.0522 e. The highest BCUT2D eigenvalue weighted by molar-refractivity contribution is 5.14. The van der Waals surface area contributed by atoms with Gasteiger partial charge in [0.1, 0.15) is 0 Å². The highest BCUT2D eigenvalue weighted by atomic mass is 15.1. The van der Waals surface area contributed by atoms with Crippen molar-refractivity contribution in [1.29, 1.82) is 0 Å². The monoisotopic (exact) mass is 278 g/mol. The topological polar surface area (TPSA) is 44.0 Å². The number of hydrogen-bond donors (Lipinski definition) is 2. The van der Waals surface area contributed by atoms with Gasteiger partial charge in [-0.15, -0.1) is 0 Å². The zero-order valence-electron chi connectivity index (χ0n) is 13.3. The number of nitrogens with zero attached hydrogens (tertiary/aromatic N) is 2. The minimum absolute atomic E-state index is 0.726. The Morgan fingerprint density at radius 3 is 2.75 bits per heavy atom. The van der Waals surface area contributed by atoms with Crippen LogP contribution in [0.4, 0.5) is 0 Å². The standard InChI is InChI=1S/C16H30N4/c1-13(2)12-20-9-6-16(7-10-20)17-8-4-5-15-11-18-19-14(15)3/h11,13,16-17H,4-10,12H2,1-3H3,(H,18,19). The van der Waals surface area contributed by atoms with E-state index in [1.165, 1.54) is 50.2 Å². The van der Waals surface area contributed by atoms with Gasteiger partial charge in [-0.25, -0.2) is 0 Å². The van der Waals surface area contributed by atoms with Crippen LogP contribution >= 0.6 is 0 Å². The molecule has 1 fully saturated rings. The van der Waals surface area contributed by atoms with Crippen molar-refractivity contribution >= 4 is 0 Å². The van der Waals surface area contributed by atoms with Crippen molar-refractivity contribution in [2.45, 2.75) is 52.5 Å². The summed E-state index contributed by atoms with van der Waals surface area (Å²) >= 11 is 0. The third-order valence-electron chi connectivity index (χ3n) is 4.20. The number of likely N-dealkylation sites (tertiary alicyclic amines) is 1. The van der Waals surface area contributed by atoms with Crippen LogP contribution in [0.3, 0.4) is 0 Å². The van der Waals surface area contributed by atoms with Gasteiger partial charge in [-0.05, 0) is 63.7 Å². The lowest BCUT2D eigenvalue weighted by Crippen LogP contribution is -2.43. The second kappa shape index (κ2) is 7.79. The first-order valence-electron chi connectivity index (χ1n) is 8.09. The van der Waals surface area contributed by atoms with E-state index in [1.54, 1.807) is 0 Å². The summed E-state index contributed by atoms with van der Waals surface area (Å²) in [5, 5.41) is 10.8. The van der Waals surface area contributed by atoms with E-state index in [1.807, 2.05) is 6.20 Å². The van der Waals surface area contributed by atoms with Crippen LogP contribution in [-0.2, 0) is 6.42 Å². The molecule has 1 aromatic heterocycles. The number of piperidine rings is 1. The normalized spacial score (nSPS) is 18.0. The van der Waals surface area contributed by atoms with Crippen molar-refractivity contribution in [1.82, 2.24) is 20.4 Å². The van der Waals surface area contributed by atoms with E-state index >= 15 is 0 Å². The van der Waals surface area contributed by atoms with Gasteiger partial charge in [-0.1, -0.05) is 13.8 Å². The lowest BCUT2D eigenvalue weighted by Gasteiger charge is -2.33. The van der Waals surface area contributed by atoms with Crippen LogP contribution in [0.2, 0.25) is 0 Å². The number of hydrogen-bond acceptors (Lipinski definition) is 3. The van der Waals surface area contributed by atoms with Gasteiger partial charge >= 0.3 is 0 Å². The number of aryl methyl sites for hydroxylation is 2. The fourth-order valence-electron chi connectivity index (χ4n) is 3.05. The lowest BCUT2D eigenvalue weighted by atomic mass is 10.0. The van der Waals surface area contributed by atoms with Gasteiger partial charge in [0, 0.05) is 18.3 Å². The summed E-state index contributed by atoms with van der Waals surface area (Å²) < 4.78 is 0. The van der Waals surface area contributed by atoms with Crippen molar-refractivity contribution in [2.24, 2.45) is 5.92 Å². The van der Waals surface area contributed by atoms with Gasteiger partial charge in [0.25, 0.3) is 0 Å². The summed E-state index contributed by atoms with van der Waals surface area (Å²) in [7, 11) is 0. The second-order valence-corrected chi connectivity index (χ2v) is 6.55. The molecule has 114 valence electrons. The molecule has 20 heavy (non-hydrogen) atoms. The zero-order chi connectivity index (χ0) is 14.4. The van der Waals surface area contributed by atoms with Gasteiger partial charge in [0.2, 0.25) is 0 Å². The zero-order valence-corrected chi connectivity index (χ0v) is 13.3. The van der Waals surface area contributed by atoms with Gasteiger partial charge in [0.15, 0.2) is 0 Å². The van der Waals surface area contributed by atoms with Gasteiger partial charge in [0.05, 0.1) is 6.20 Å². The minimum Gasteiger partial charge on any atom is -0.314 e. The van der Waals surface area contributed by atoms with Crippen LogP contribution in [0.5, 0.6) is 0 Å². The van der Waals surface area contributed by atoms with Gasteiger partial charge in [-0.3, -0.25) is 5.10 Å². The fourth-order valence-corrected chi connectivity index (χ4v) is 3.05. The molecule has 1 saturated heterocycles. The quantitative estimate of drug-likeness (QED) is 0.753. The molecule has 0 aromatic carbocycles. The van der Waals surface area contributed by atoms with E-state index < -0.39 is 0 Å². The molecule has 1 aliphatic heterocycles. The first-order valence-corrected chi connectivity index (χ1v) is 8.09. The molecule has 0 aliphatic carbocycles. The van der Waals surface area contributed by atoms with Crippen LogP contribution in [0.25, 0.3) is 0 Å². The number of aromatic nitrogens is 2. The molecule has 0 radical (unpaired) electrons.